The molecule has 9 heteroatoms. The smallest absolute Gasteiger partial charge is 0.257 e. The average Bonchev–Trinajstić information content (AvgIpc) is 2.82. The lowest BCUT2D eigenvalue weighted by molar-refractivity contribution is -0.0411. The van der Waals surface area contributed by atoms with Crippen molar-refractivity contribution in [1.82, 2.24) is 4.90 Å². The number of carbonyl (C=O) groups excluding carboxylic acids is 2. The summed E-state index contributed by atoms with van der Waals surface area (Å²) in [7, 11) is 1.51. The van der Waals surface area contributed by atoms with E-state index < -0.39 is 23.5 Å². The fourth-order valence-corrected chi connectivity index (χ4v) is 3.82. The third-order valence-electron chi connectivity index (χ3n) is 5.12. The molecule has 1 aliphatic rings. The summed E-state index contributed by atoms with van der Waals surface area (Å²) in [5, 5.41) is 0. The lowest BCUT2D eigenvalue weighted by Crippen LogP contribution is -2.47. The second-order valence-electron chi connectivity index (χ2n) is 7.17. The number of ketones is 1. The Balaban J connectivity index is 1.67. The molecule has 0 spiro atoms. The Labute approximate surface area is 189 Å². The SMILES string of the molecule is CCC(=O)c1cc(F)c(OCC2CN(C(=O)c3ccc(SC)cc3OC)CCO2)c(F)c1. The van der Waals surface area contributed by atoms with Gasteiger partial charge >= 0.3 is 0 Å². The summed E-state index contributed by atoms with van der Waals surface area (Å²) in [6, 6.07) is 7.30. The zero-order chi connectivity index (χ0) is 23.3. The average molecular weight is 466 g/mol. The van der Waals surface area contributed by atoms with Crippen LogP contribution in [-0.4, -0.2) is 62.4 Å². The van der Waals surface area contributed by atoms with Gasteiger partial charge in [0.2, 0.25) is 0 Å². The number of Topliss-reactive ketones (excluding diaryl/α,β-unsaturated/α-hetero) is 1. The highest BCUT2D eigenvalue weighted by atomic mass is 32.2. The second-order valence-corrected chi connectivity index (χ2v) is 8.05. The molecular formula is C23H25F2NO5S. The molecule has 2 aromatic carbocycles. The van der Waals surface area contributed by atoms with Gasteiger partial charge in [0, 0.05) is 23.4 Å². The number of halogens is 2. The molecule has 0 bridgehead atoms. The highest BCUT2D eigenvalue weighted by Crippen LogP contribution is 2.28. The van der Waals surface area contributed by atoms with E-state index in [4.69, 9.17) is 14.2 Å². The molecule has 0 aliphatic carbocycles. The number of carbonyl (C=O) groups is 2. The number of hydrogen-bond acceptors (Lipinski definition) is 6. The van der Waals surface area contributed by atoms with Gasteiger partial charge in [-0.2, -0.15) is 0 Å². The number of morpholine rings is 1. The van der Waals surface area contributed by atoms with Crippen molar-refractivity contribution in [2.75, 3.05) is 39.7 Å². The number of methoxy groups -OCH3 is 1. The monoisotopic (exact) mass is 465 g/mol. The summed E-state index contributed by atoms with van der Waals surface area (Å²) < 4.78 is 44.9. The maximum absolute atomic E-state index is 14.3. The second kappa shape index (κ2) is 10.8. The van der Waals surface area contributed by atoms with Gasteiger partial charge in [0.05, 0.1) is 25.8 Å². The summed E-state index contributed by atoms with van der Waals surface area (Å²) in [6.07, 6.45) is 1.51. The van der Waals surface area contributed by atoms with Gasteiger partial charge in [-0.3, -0.25) is 9.59 Å². The standard InChI is InChI=1S/C23H25F2NO5S/c1-4-20(27)14-9-18(24)22(19(25)10-14)31-13-15-12-26(7-8-30-15)23(28)17-6-5-16(32-3)11-21(17)29-2/h5-6,9-11,15H,4,7-8,12-13H2,1-3H3. The molecule has 0 N–H and O–H groups in total. The first-order valence-corrected chi connectivity index (χ1v) is 11.4. The van der Waals surface area contributed by atoms with Crippen LogP contribution in [0.5, 0.6) is 11.5 Å². The van der Waals surface area contributed by atoms with Crippen LogP contribution in [0, 0.1) is 11.6 Å². The van der Waals surface area contributed by atoms with Crippen molar-refractivity contribution in [3.05, 3.63) is 53.1 Å². The van der Waals surface area contributed by atoms with E-state index in [2.05, 4.69) is 0 Å². The number of amides is 1. The quantitative estimate of drug-likeness (QED) is 0.430. The molecule has 0 radical (unpaired) electrons. The van der Waals surface area contributed by atoms with E-state index in [1.165, 1.54) is 7.11 Å². The lowest BCUT2D eigenvalue weighted by atomic mass is 10.1. The summed E-state index contributed by atoms with van der Waals surface area (Å²) in [5.74, 6) is -2.58. The van der Waals surface area contributed by atoms with Crippen molar-refractivity contribution < 1.29 is 32.6 Å². The molecule has 1 aliphatic heterocycles. The van der Waals surface area contributed by atoms with Gasteiger partial charge in [0.1, 0.15) is 18.5 Å². The highest BCUT2D eigenvalue weighted by molar-refractivity contribution is 7.98. The molecule has 3 rings (SSSR count). The minimum absolute atomic E-state index is 0.0398. The van der Waals surface area contributed by atoms with Gasteiger partial charge in [-0.15, -0.1) is 11.8 Å². The number of thioether (sulfide) groups is 1. The molecule has 1 fully saturated rings. The van der Waals surface area contributed by atoms with E-state index in [1.54, 1.807) is 35.7 Å². The van der Waals surface area contributed by atoms with Crippen molar-refractivity contribution in [2.24, 2.45) is 0 Å². The van der Waals surface area contributed by atoms with Crippen LogP contribution in [-0.2, 0) is 4.74 Å². The Hall–Kier alpha value is -2.65. The van der Waals surface area contributed by atoms with Crippen molar-refractivity contribution >= 4 is 23.5 Å². The number of nitrogens with zero attached hydrogens (tertiary/aromatic N) is 1. The minimum Gasteiger partial charge on any atom is -0.496 e. The topological polar surface area (TPSA) is 65.1 Å². The number of rotatable bonds is 8. The lowest BCUT2D eigenvalue weighted by Gasteiger charge is -2.33. The molecule has 32 heavy (non-hydrogen) atoms. The Bertz CT molecular complexity index is 977. The molecule has 172 valence electrons. The van der Waals surface area contributed by atoms with Crippen LogP contribution in [0.2, 0.25) is 0 Å². The van der Waals surface area contributed by atoms with Crippen molar-refractivity contribution in [1.29, 1.82) is 0 Å². The van der Waals surface area contributed by atoms with E-state index in [0.29, 0.717) is 17.9 Å². The predicted molar refractivity (Wildman–Crippen MR) is 117 cm³/mol. The molecule has 1 heterocycles. The molecule has 2 aromatic rings. The summed E-state index contributed by atoms with van der Waals surface area (Å²) in [4.78, 5) is 27.3. The maximum Gasteiger partial charge on any atom is 0.257 e. The molecule has 1 saturated heterocycles. The molecule has 6 nitrogen and oxygen atoms in total. The van der Waals surface area contributed by atoms with E-state index >= 15 is 0 Å². The number of ether oxygens (including phenoxy) is 3. The summed E-state index contributed by atoms with van der Waals surface area (Å²) >= 11 is 1.54. The van der Waals surface area contributed by atoms with Gasteiger partial charge in [-0.1, -0.05) is 6.92 Å². The molecule has 0 aromatic heterocycles. The Morgan fingerprint density at radius 1 is 1.22 bits per heavy atom. The highest BCUT2D eigenvalue weighted by Gasteiger charge is 2.28. The van der Waals surface area contributed by atoms with E-state index in [9.17, 15) is 18.4 Å². The molecule has 1 atom stereocenters. The predicted octanol–water partition coefficient (Wildman–Crippen LogP) is 4.21. The molecule has 1 unspecified atom stereocenters. The Morgan fingerprint density at radius 2 is 1.94 bits per heavy atom. The summed E-state index contributed by atoms with van der Waals surface area (Å²) in [5.41, 5.74) is 0.391. The minimum atomic E-state index is -0.954. The third-order valence-corrected chi connectivity index (χ3v) is 5.85. The normalized spacial score (nSPS) is 16.0. The van der Waals surface area contributed by atoms with Gasteiger partial charge in [0.15, 0.2) is 23.2 Å². The Morgan fingerprint density at radius 3 is 2.56 bits per heavy atom. The molecule has 1 amide bonds. The van der Waals surface area contributed by atoms with Gasteiger partial charge in [0.25, 0.3) is 5.91 Å². The van der Waals surface area contributed by atoms with Crippen LogP contribution < -0.4 is 9.47 Å². The van der Waals surface area contributed by atoms with Crippen LogP contribution >= 0.6 is 11.8 Å². The van der Waals surface area contributed by atoms with Crippen molar-refractivity contribution in [2.45, 2.75) is 24.3 Å². The largest absolute Gasteiger partial charge is 0.496 e. The van der Waals surface area contributed by atoms with Crippen LogP contribution in [0.4, 0.5) is 8.78 Å². The van der Waals surface area contributed by atoms with E-state index in [0.717, 1.165) is 17.0 Å². The van der Waals surface area contributed by atoms with Crippen LogP contribution in [0.3, 0.4) is 0 Å². The first-order valence-electron chi connectivity index (χ1n) is 10.2. The maximum atomic E-state index is 14.3. The van der Waals surface area contributed by atoms with Gasteiger partial charge < -0.3 is 19.1 Å². The van der Waals surface area contributed by atoms with E-state index in [1.807, 2.05) is 12.3 Å². The zero-order valence-corrected chi connectivity index (χ0v) is 19.0. The fraction of sp³-hybridized carbons (Fsp3) is 0.391. The first-order chi connectivity index (χ1) is 15.4. The van der Waals surface area contributed by atoms with E-state index in [-0.39, 0.29) is 43.4 Å². The van der Waals surface area contributed by atoms with Crippen molar-refractivity contribution in [3.63, 3.8) is 0 Å². The van der Waals surface area contributed by atoms with Crippen LogP contribution in [0.25, 0.3) is 0 Å². The Kier molecular flexibility index (Phi) is 8.09. The van der Waals surface area contributed by atoms with Crippen LogP contribution in [0.1, 0.15) is 34.1 Å². The van der Waals surface area contributed by atoms with Crippen LogP contribution in [0.15, 0.2) is 35.2 Å². The third kappa shape index (κ3) is 5.39. The number of benzene rings is 2. The molecule has 0 saturated carbocycles. The molecular weight excluding hydrogens is 440 g/mol. The van der Waals surface area contributed by atoms with Gasteiger partial charge in [-0.05, 0) is 36.6 Å². The fourth-order valence-electron chi connectivity index (χ4n) is 3.39. The first kappa shape index (κ1) is 24.0. The summed E-state index contributed by atoms with van der Waals surface area (Å²) in [6.45, 7) is 2.30. The van der Waals surface area contributed by atoms with Gasteiger partial charge in [-0.25, -0.2) is 8.78 Å². The number of hydrogen-bond donors (Lipinski definition) is 0. The van der Waals surface area contributed by atoms with Crippen molar-refractivity contribution in [3.8, 4) is 11.5 Å². The zero-order valence-electron chi connectivity index (χ0n) is 18.2.